The third-order valence-electron chi connectivity index (χ3n) is 1.01. The van der Waals surface area contributed by atoms with E-state index in [9.17, 15) is 0 Å². The van der Waals surface area contributed by atoms with Crippen molar-refractivity contribution in [3.63, 3.8) is 0 Å². The van der Waals surface area contributed by atoms with Gasteiger partial charge in [-0.25, -0.2) is 0 Å². The van der Waals surface area contributed by atoms with Crippen LogP contribution in [0.2, 0.25) is 0 Å². The number of hydrogen-bond acceptors (Lipinski definition) is 2. The van der Waals surface area contributed by atoms with Gasteiger partial charge >= 0.3 is 0 Å². The van der Waals surface area contributed by atoms with Crippen LogP contribution in [0.4, 0.5) is 0 Å². The van der Waals surface area contributed by atoms with Crippen molar-refractivity contribution in [2.75, 3.05) is 6.61 Å². The first-order valence-corrected chi connectivity index (χ1v) is 3.78. The van der Waals surface area contributed by atoms with Gasteiger partial charge in [0.2, 0.25) is 0 Å². The van der Waals surface area contributed by atoms with Crippen molar-refractivity contribution in [1.29, 1.82) is 0 Å². The first-order chi connectivity index (χ1) is 5.83. The van der Waals surface area contributed by atoms with Gasteiger partial charge in [0.25, 0.3) is 6.47 Å². The van der Waals surface area contributed by atoms with Crippen LogP contribution in [0.1, 0.15) is 19.8 Å². The van der Waals surface area contributed by atoms with Crippen molar-refractivity contribution in [1.82, 2.24) is 0 Å². The van der Waals surface area contributed by atoms with Crippen molar-refractivity contribution >= 4 is 6.47 Å². The molecule has 0 aromatic rings. The van der Waals surface area contributed by atoms with Gasteiger partial charge in [0, 0.05) is 0 Å². The third kappa shape index (κ3) is 23.1. The van der Waals surface area contributed by atoms with E-state index in [-0.39, 0.29) is 13.1 Å². The number of aliphatic hydroxyl groups is 1. The lowest BCUT2D eigenvalue weighted by Crippen LogP contribution is -1.70. The van der Waals surface area contributed by atoms with Gasteiger partial charge in [0.05, 0.1) is 6.61 Å². The van der Waals surface area contributed by atoms with Gasteiger partial charge in [-0.3, -0.25) is 4.79 Å². The first kappa shape index (κ1) is 13.5. The molecule has 12 heavy (non-hydrogen) atoms. The molecule has 0 bridgehead atoms. The van der Waals surface area contributed by atoms with E-state index in [1.807, 2.05) is 19.1 Å². The Morgan fingerprint density at radius 2 is 1.67 bits per heavy atom. The second-order valence-electron chi connectivity index (χ2n) is 1.91. The molecule has 0 amide bonds. The predicted molar refractivity (Wildman–Crippen MR) is 49.0 cm³/mol. The van der Waals surface area contributed by atoms with Gasteiger partial charge in [-0.2, -0.15) is 0 Å². The minimum Gasteiger partial charge on any atom is -0.483 e. The van der Waals surface area contributed by atoms with E-state index in [0.29, 0.717) is 0 Å². The molecule has 0 unspecified atom stereocenters. The van der Waals surface area contributed by atoms with E-state index in [1.54, 1.807) is 6.08 Å². The number of hydrogen-bond donors (Lipinski definition) is 2. The van der Waals surface area contributed by atoms with Gasteiger partial charge in [-0.05, 0) is 19.8 Å². The zero-order chi connectivity index (χ0) is 9.66. The van der Waals surface area contributed by atoms with Crippen molar-refractivity contribution in [3.05, 3.63) is 24.3 Å². The molecule has 0 aliphatic carbocycles. The maximum atomic E-state index is 8.36. The molecule has 0 aromatic carbocycles. The van der Waals surface area contributed by atoms with Crippen LogP contribution in [0.5, 0.6) is 0 Å². The second kappa shape index (κ2) is 16.5. The number of aliphatic hydroxyl groups excluding tert-OH is 1. The van der Waals surface area contributed by atoms with E-state index in [0.717, 1.165) is 12.8 Å². The Morgan fingerprint density at radius 1 is 1.17 bits per heavy atom. The van der Waals surface area contributed by atoms with Crippen molar-refractivity contribution in [2.24, 2.45) is 0 Å². The Labute approximate surface area is 73.0 Å². The number of carboxylic acid groups (broad SMARTS) is 1. The summed E-state index contributed by atoms with van der Waals surface area (Å²) in [5, 5.41) is 15.2. The molecule has 2 N–H and O–H groups in total. The van der Waals surface area contributed by atoms with Crippen LogP contribution in [0, 0.1) is 0 Å². The summed E-state index contributed by atoms with van der Waals surface area (Å²) < 4.78 is 0. The smallest absolute Gasteiger partial charge is 0.290 e. The lowest BCUT2D eigenvalue weighted by molar-refractivity contribution is -0.122. The van der Waals surface area contributed by atoms with Crippen LogP contribution in [-0.4, -0.2) is 23.3 Å². The first-order valence-electron chi connectivity index (χ1n) is 3.78. The van der Waals surface area contributed by atoms with Gasteiger partial charge in [0.15, 0.2) is 0 Å². The second-order valence-corrected chi connectivity index (χ2v) is 1.91. The van der Waals surface area contributed by atoms with E-state index in [1.165, 1.54) is 0 Å². The molecule has 3 nitrogen and oxygen atoms in total. The Bertz CT molecular complexity index is 128. The molecule has 0 saturated carbocycles. The molecular formula is C9H16O3. The Morgan fingerprint density at radius 3 is 2.08 bits per heavy atom. The van der Waals surface area contributed by atoms with Gasteiger partial charge in [-0.1, -0.05) is 24.3 Å². The summed E-state index contributed by atoms with van der Waals surface area (Å²) in [4.78, 5) is 8.36. The molecule has 0 aliphatic heterocycles. The van der Waals surface area contributed by atoms with Gasteiger partial charge in [-0.15, -0.1) is 0 Å². The number of rotatable bonds is 4. The summed E-state index contributed by atoms with van der Waals surface area (Å²) in [6, 6.07) is 0. The Hall–Kier alpha value is -1.09. The minimum atomic E-state index is -0.250. The minimum absolute atomic E-state index is 0.163. The molecule has 0 radical (unpaired) electrons. The summed E-state index contributed by atoms with van der Waals surface area (Å²) >= 11 is 0. The molecule has 0 spiro atoms. The SMILES string of the molecule is CC=CCCC=CCO.O=CO. The molecule has 0 atom stereocenters. The highest BCUT2D eigenvalue weighted by atomic mass is 16.3. The van der Waals surface area contributed by atoms with Crippen LogP contribution in [0.25, 0.3) is 0 Å². The van der Waals surface area contributed by atoms with Crippen molar-refractivity contribution in [2.45, 2.75) is 19.8 Å². The zero-order valence-corrected chi connectivity index (χ0v) is 7.31. The summed E-state index contributed by atoms with van der Waals surface area (Å²) in [7, 11) is 0. The molecule has 0 fully saturated rings. The van der Waals surface area contributed by atoms with Crippen LogP contribution < -0.4 is 0 Å². The molecule has 0 aromatic heterocycles. The molecule has 0 saturated heterocycles. The highest BCUT2D eigenvalue weighted by molar-refractivity contribution is 5.32. The van der Waals surface area contributed by atoms with E-state index < -0.39 is 0 Å². The molecule has 0 heterocycles. The zero-order valence-electron chi connectivity index (χ0n) is 7.31. The van der Waals surface area contributed by atoms with Crippen LogP contribution in [0.3, 0.4) is 0 Å². The monoisotopic (exact) mass is 172 g/mol. The Balaban J connectivity index is 0. The molecule has 3 heteroatoms. The van der Waals surface area contributed by atoms with E-state index in [4.69, 9.17) is 15.0 Å². The average molecular weight is 172 g/mol. The van der Waals surface area contributed by atoms with Gasteiger partial charge in [0.1, 0.15) is 0 Å². The largest absolute Gasteiger partial charge is 0.483 e. The molecule has 70 valence electrons. The third-order valence-corrected chi connectivity index (χ3v) is 1.01. The summed E-state index contributed by atoms with van der Waals surface area (Å²) in [5.41, 5.74) is 0. The van der Waals surface area contributed by atoms with E-state index >= 15 is 0 Å². The lowest BCUT2D eigenvalue weighted by atomic mass is 10.3. The van der Waals surface area contributed by atoms with Crippen molar-refractivity contribution in [3.8, 4) is 0 Å². The van der Waals surface area contributed by atoms with Crippen LogP contribution in [0.15, 0.2) is 24.3 Å². The highest BCUT2D eigenvalue weighted by Crippen LogP contribution is 1.91. The number of carbonyl (C=O) groups is 1. The fourth-order valence-corrected chi connectivity index (χ4v) is 0.552. The molecule has 0 aliphatic rings. The standard InChI is InChI=1S/C8H14O.CH2O2/c1-2-3-4-5-6-7-8-9;2-1-3/h2-3,6-7,9H,4-5,8H2,1H3;1H,(H,2,3). The Kier molecular flexibility index (Phi) is 18.5. The maximum absolute atomic E-state index is 8.36. The van der Waals surface area contributed by atoms with Gasteiger partial charge < -0.3 is 10.2 Å². The fourth-order valence-electron chi connectivity index (χ4n) is 0.552. The van der Waals surface area contributed by atoms with E-state index in [2.05, 4.69) is 6.08 Å². The summed E-state index contributed by atoms with van der Waals surface area (Å²) in [6.07, 6.45) is 10.0. The topological polar surface area (TPSA) is 57.5 Å². The number of unbranched alkanes of at least 4 members (excludes halogenated alkanes) is 1. The molecular weight excluding hydrogens is 156 g/mol. The normalized spacial score (nSPS) is 9.83. The molecule has 0 rings (SSSR count). The number of allylic oxidation sites excluding steroid dienone is 3. The lowest BCUT2D eigenvalue weighted by Gasteiger charge is -1.83. The van der Waals surface area contributed by atoms with Crippen LogP contribution >= 0.6 is 0 Å². The van der Waals surface area contributed by atoms with Crippen molar-refractivity contribution < 1.29 is 15.0 Å². The maximum Gasteiger partial charge on any atom is 0.290 e. The highest BCUT2D eigenvalue weighted by Gasteiger charge is 1.72. The average Bonchev–Trinajstić information content (AvgIpc) is 2.06. The summed E-state index contributed by atoms with van der Waals surface area (Å²) in [5.74, 6) is 0. The fraction of sp³-hybridized carbons (Fsp3) is 0.444. The predicted octanol–water partition coefficient (Wildman–Crippen LogP) is 1.59. The van der Waals surface area contributed by atoms with Crippen LogP contribution in [-0.2, 0) is 4.79 Å². The summed E-state index contributed by atoms with van der Waals surface area (Å²) in [6.45, 7) is 1.92. The quantitative estimate of drug-likeness (QED) is 0.384.